The maximum atomic E-state index is 12.5. The van der Waals surface area contributed by atoms with Gasteiger partial charge < -0.3 is 19.5 Å². The molecule has 1 unspecified atom stereocenters. The van der Waals surface area contributed by atoms with Gasteiger partial charge in [0, 0.05) is 6.54 Å². The number of para-hydroxylation sites is 2. The summed E-state index contributed by atoms with van der Waals surface area (Å²) in [5, 5.41) is 7.25. The second-order valence-electron chi connectivity index (χ2n) is 5.94. The van der Waals surface area contributed by atoms with Gasteiger partial charge in [-0.05, 0) is 30.8 Å². The van der Waals surface area contributed by atoms with Crippen LogP contribution in [0.3, 0.4) is 0 Å². The molecule has 0 bridgehead atoms. The van der Waals surface area contributed by atoms with E-state index < -0.39 is 0 Å². The van der Waals surface area contributed by atoms with Crippen molar-refractivity contribution in [3.8, 4) is 5.75 Å². The Morgan fingerprint density at radius 2 is 2.23 bits per heavy atom. The molecule has 8 heteroatoms. The van der Waals surface area contributed by atoms with Crippen LogP contribution in [-0.4, -0.2) is 40.5 Å². The van der Waals surface area contributed by atoms with Gasteiger partial charge in [0.1, 0.15) is 12.1 Å². The van der Waals surface area contributed by atoms with Crippen LogP contribution in [0.25, 0.3) is 0 Å². The molecule has 0 aliphatic rings. The zero-order chi connectivity index (χ0) is 18.9. The third-order valence-corrected chi connectivity index (χ3v) is 4.34. The largest absolute Gasteiger partial charge is 0.495 e. The Hall–Kier alpha value is -2.45. The van der Waals surface area contributed by atoms with E-state index >= 15 is 0 Å². The zero-order valence-electron chi connectivity index (χ0n) is 15.3. The standard InChI is InChI=1S/C18H25N5O2S/c1-4-10-21(14-23-18(26)22(11-5-2)13-19-23)12-17(24)20-15-8-6-7-9-16(15)25-3/h5-9,13H,2,4,10-12,14H2,1,3H3,(H,20,24)/p+1. The van der Waals surface area contributed by atoms with Crippen molar-refractivity contribution in [1.29, 1.82) is 0 Å². The normalized spacial score (nSPS) is 11.8. The van der Waals surface area contributed by atoms with E-state index in [1.807, 2.05) is 28.8 Å². The number of nitrogens with zero attached hydrogens (tertiary/aromatic N) is 3. The Kier molecular flexibility index (Phi) is 7.55. The molecule has 1 heterocycles. The predicted molar refractivity (Wildman–Crippen MR) is 104 cm³/mol. The van der Waals surface area contributed by atoms with Gasteiger partial charge in [-0.3, -0.25) is 4.79 Å². The van der Waals surface area contributed by atoms with Crippen LogP contribution in [0.1, 0.15) is 13.3 Å². The molecule has 1 aromatic heterocycles. The number of allylic oxidation sites excluding steroid dienone is 1. The number of nitrogens with one attached hydrogen (secondary N) is 2. The van der Waals surface area contributed by atoms with E-state index in [-0.39, 0.29) is 5.91 Å². The SMILES string of the molecule is C=CCn1cnn(C[NH+](CCC)CC(=O)Nc2ccccc2OC)c1=S. The predicted octanol–water partition coefficient (Wildman–Crippen LogP) is 1.50. The van der Waals surface area contributed by atoms with E-state index in [2.05, 4.69) is 23.9 Å². The first-order chi connectivity index (χ1) is 12.6. The molecule has 2 N–H and O–H groups in total. The van der Waals surface area contributed by atoms with Gasteiger partial charge in [0.15, 0.2) is 13.2 Å². The maximum absolute atomic E-state index is 12.5. The van der Waals surface area contributed by atoms with E-state index in [0.717, 1.165) is 17.9 Å². The van der Waals surface area contributed by atoms with Crippen molar-refractivity contribution < 1.29 is 14.4 Å². The Morgan fingerprint density at radius 3 is 2.92 bits per heavy atom. The van der Waals surface area contributed by atoms with Gasteiger partial charge in [-0.15, -0.1) is 6.58 Å². The van der Waals surface area contributed by atoms with E-state index in [1.165, 1.54) is 0 Å². The Bertz CT molecular complexity index is 799. The number of hydrogen-bond donors (Lipinski definition) is 2. The number of carbonyl (C=O) groups is 1. The molecule has 2 rings (SSSR count). The topological polar surface area (TPSA) is 65.5 Å². The molecule has 26 heavy (non-hydrogen) atoms. The van der Waals surface area contributed by atoms with Crippen LogP contribution in [0.4, 0.5) is 5.69 Å². The molecule has 0 radical (unpaired) electrons. The van der Waals surface area contributed by atoms with Crippen molar-refractivity contribution in [2.24, 2.45) is 0 Å². The molecule has 0 fully saturated rings. The zero-order valence-corrected chi connectivity index (χ0v) is 16.1. The number of amides is 1. The summed E-state index contributed by atoms with van der Waals surface area (Å²) in [5.41, 5.74) is 0.669. The van der Waals surface area contributed by atoms with Gasteiger partial charge in [0.25, 0.3) is 5.91 Å². The van der Waals surface area contributed by atoms with Gasteiger partial charge in [0.05, 0.1) is 19.3 Å². The van der Waals surface area contributed by atoms with Crippen molar-refractivity contribution >= 4 is 23.8 Å². The molecule has 7 nitrogen and oxygen atoms in total. The minimum absolute atomic E-state index is 0.0741. The van der Waals surface area contributed by atoms with E-state index in [1.54, 1.807) is 24.2 Å². The van der Waals surface area contributed by atoms with Crippen molar-refractivity contribution in [1.82, 2.24) is 14.3 Å². The summed E-state index contributed by atoms with van der Waals surface area (Å²) >= 11 is 5.43. The van der Waals surface area contributed by atoms with Crippen LogP contribution in [-0.2, 0) is 18.0 Å². The highest BCUT2D eigenvalue weighted by Crippen LogP contribution is 2.22. The summed E-state index contributed by atoms with van der Waals surface area (Å²) in [6, 6.07) is 7.37. The molecule has 2 aromatic rings. The smallest absolute Gasteiger partial charge is 0.279 e. The Morgan fingerprint density at radius 1 is 1.46 bits per heavy atom. The second-order valence-corrected chi connectivity index (χ2v) is 6.30. The second kappa shape index (κ2) is 9.88. The third kappa shape index (κ3) is 5.27. The Balaban J connectivity index is 2.04. The lowest BCUT2D eigenvalue weighted by molar-refractivity contribution is -0.915. The summed E-state index contributed by atoms with van der Waals surface area (Å²) in [7, 11) is 1.58. The highest BCUT2D eigenvalue weighted by Gasteiger charge is 2.17. The molecule has 0 aliphatic heterocycles. The molecule has 1 amide bonds. The first-order valence-electron chi connectivity index (χ1n) is 8.58. The average molecular weight is 377 g/mol. The summed E-state index contributed by atoms with van der Waals surface area (Å²) < 4.78 is 9.50. The van der Waals surface area contributed by atoms with Crippen molar-refractivity contribution in [3.63, 3.8) is 0 Å². The van der Waals surface area contributed by atoms with Gasteiger partial charge in [-0.2, -0.15) is 9.78 Å². The fourth-order valence-electron chi connectivity index (χ4n) is 2.70. The molecule has 1 atom stereocenters. The van der Waals surface area contributed by atoms with Crippen LogP contribution in [0.5, 0.6) is 5.75 Å². The highest BCUT2D eigenvalue weighted by atomic mass is 32.1. The number of rotatable bonds is 10. The molecular weight excluding hydrogens is 350 g/mol. The molecular formula is C18H26N5O2S+. The minimum atomic E-state index is -0.0741. The van der Waals surface area contributed by atoms with E-state index in [9.17, 15) is 4.79 Å². The molecule has 140 valence electrons. The number of anilines is 1. The fraction of sp³-hybridized carbons (Fsp3) is 0.389. The number of aromatic nitrogens is 3. The van der Waals surface area contributed by atoms with Gasteiger partial charge in [0.2, 0.25) is 4.77 Å². The van der Waals surface area contributed by atoms with Crippen molar-refractivity contribution in [3.05, 3.63) is 48.0 Å². The van der Waals surface area contributed by atoms with Crippen LogP contribution in [0.15, 0.2) is 43.2 Å². The average Bonchev–Trinajstić information content (AvgIpc) is 2.96. The number of quaternary nitrogens is 1. The first kappa shape index (κ1) is 19.9. The minimum Gasteiger partial charge on any atom is -0.495 e. The number of benzene rings is 1. The molecule has 0 spiro atoms. The maximum Gasteiger partial charge on any atom is 0.279 e. The summed E-state index contributed by atoms with van der Waals surface area (Å²) in [6.07, 6.45) is 4.43. The van der Waals surface area contributed by atoms with Crippen LogP contribution >= 0.6 is 12.2 Å². The van der Waals surface area contributed by atoms with Gasteiger partial charge in [-0.25, -0.2) is 0 Å². The van der Waals surface area contributed by atoms with E-state index in [0.29, 0.717) is 36.0 Å². The molecule has 0 saturated carbocycles. The monoisotopic (exact) mass is 376 g/mol. The summed E-state index contributed by atoms with van der Waals surface area (Å²) in [5.74, 6) is 0.568. The van der Waals surface area contributed by atoms with Gasteiger partial charge >= 0.3 is 0 Å². The van der Waals surface area contributed by atoms with Crippen LogP contribution < -0.4 is 15.0 Å². The lowest BCUT2D eigenvalue weighted by Crippen LogP contribution is -3.12. The molecule has 0 aliphatic carbocycles. The number of hydrogen-bond acceptors (Lipinski definition) is 4. The van der Waals surface area contributed by atoms with Gasteiger partial charge in [-0.1, -0.05) is 25.1 Å². The third-order valence-electron chi connectivity index (χ3n) is 3.89. The lowest BCUT2D eigenvalue weighted by atomic mass is 10.3. The number of carbonyl (C=O) groups excluding carboxylic acids is 1. The Labute approximate surface area is 158 Å². The molecule has 1 aromatic carbocycles. The quantitative estimate of drug-likeness (QED) is 0.487. The molecule has 0 saturated heterocycles. The summed E-state index contributed by atoms with van der Waals surface area (Å²) in [4.78, 5) is 13.6. The van der Waals surface area contributed by atoms with Crippen LogP contribution in [0, 0.1) is 4.77 Å². The lowest BCUT2D eigenvalue weighted by Gasteiger charge is -2.18. The van der Waals surface area contributed by atoms with E-state index in [4.69, 9.17) is 17.0 Å². The van der Waals surface area contributed by atoms with Crippen LogP contribution in [0.2, 0.25) is 0 Å². The highest BCUT2D eigenvalue weighted by molar-refractivity contribution is 7.71. The number of methoxy groups -OCH3 is 1. The van der Waals surface area contributed by atoms with Crippen molar-refractivity contribution in [2.75, 3.05) is 25.5 Å². The van der Waals surface area contributed by atoms with Crippen molar-refractivity contribution in [2.45, 2.75) is 26.6 Å². The fourth-order valence-corrected chi connectivity index (χ4v) is 2.94. The summed E-state index contributed by atoms with van der Waals surface area (Å²) in [6.45, 7) is 8.13. The first-order valence-corrected chi connectivity index (χ1v) is 8.99. The number of ether oxygens (including phenoxy) is 1.